The van der Waals surface area contributed by atoms with Crippen molar-refractivity contribution < 1.29 is 32.9 Å². The van der Waals surface area contributed by atoms with Crippen molar-refractivity contribution in [3.63, 3.8) is 0 Å². The van der Waals surface area contributed by atoms with Crippen LogP contribution in [0.1, 0.15) is 101 Å². The number of anilines is 1. The van der Waals surface area contributed by atoms with Crippen molar-refractivity contribution in [3.8, 4) is 22.9 Å². The Hall–Kier alpha value is -5.01. The summed E-state index contributed by atoms with van der Waals surface area (Å²) in [4.78, 5) is 28.0. The van der Waals surface area contributed by atoms with Crippen molar-refractivity contribution in [2.24, 2.45) is 0 Å². The number of nitrogens with zero attached hydrogens (tertiary/aromatic N) is 6. The molecule has 310 valence electrons. The molecule has 59 heavy (non-hydrogen) atoms. The standard InChI is InChI=1S/C46H53FN6O6/c1-27-36(47)22-37-35(23-48-53(37)38-12-8-9-17-56-38)39(27)40-33(29-13-14-29)21-34-41(42(40)57-26-28-10-6-5-7-11-28)49-44(58-32-15-18-55-19-16-32)50-43(34)51-24-31-20-30(51)25-52(31)45(54)59-46(2,3)4/h5-7,10-11,21-23,29-32,38H,8-9,12-20,24-26H2,1-4H3/t30-,31-,38?/m0/s1. The van der Waals surface area contributed by atoms with Gasteiger partial charge >= 0.3 is 12.1 Å². The first-order chi connectivity index (χ1) is 28.6. The topological polar surface area (TPSA) is 113 Å². The Kier molecular flexibility index (Phi) is 9.86. The third-order valence-corrected chi connectivity index (χ3v) is 12.5. The van der Waals surface area contributed by atoms with Gasteiger partial charge in [-0.1, -0.05) is 30.3 Å². The number of halogens is 1. The Morgan fingerprint density at radius 2 is 1.75 bits per heavy atom. The SMILES string of the molecule is Cc1c(F)cc2c(cnn2C2CCCCO2)c1-c1c(C2CC2)cc2c(N3C[C@@H]4C[C@H]3CN4C(=O)OC(C)(C)C)nc(OC3CCOCC3)nc2c1OCc1ccccc1. The number of hydrogen-bond acceptors (Lipinski definition) is 10. The fraction of sp³-hybridized carbons (Fsp3) is 0.522. The second-order valence-corrected chi connectivity index (χ2v) is 17.9. The summed E-state index contributed by atoms with van der Waals surface area (Å²) in [5.74, 6) is 1.27. The molecule has 12 nitrogen and oxygen atoms in total. The van der Waals surface area contributed by atoms with E-state index in [1.807, 2.05) is 73.8 Å². The maximum atomic E-state index is 16.5. The van der Waals surface area contributed by atoms with E-state index in [1.54, 1.807) is 6.07 Å². The van der Waals surface area contributed by atoms with Gasteiger partial charge in [-0.05, 0) is 94.9 Å². The van der Waals surface area contributed by atoms with Crippen molar-refractivity contribution in [2.75, 3.05) is 37.8 Å². The average Bonchev–Trinajstić information content (AvgIpc) is 3.67. The molecule has 4 aliphatic heterocycles. The zero-order valence-electron chi connectivity index (χ0n) is 34.4. The lowest BCUT2D eigenvalue weighted by Crippen LogP contribution is -2.50. The molecule has 5 aromatic rings. The van der Waals surface area contributed by atoms with E-state index < -0.39 is 5.60 Å². The van der Waals surface area contributed by atoms with Gasteiger partial charge in [-0.15, -0.1) is 0 Å². The molecule has 13 heteroatoms. The lowest BCUT2D eigenvalue weighted by atomic mass is 9.88. The van der Waals surface area contributed by atoms with E-state index >= 15 is 4.39 Å². The van der Waals surface area contributed by atoms with Gasteiger partial charge < -0.3 is 33.5 Å². The van der Waals surface area contributed by atoms with Gasteiger partial charge in [0, 0.05) is 60.5 Å². The molecule has 0 radical (unpaired) electrons. The highest BCUT2D eigenvalue weighted by molar-refractivity contribution is 6.06. The van der Waals surface area contributed by atoms with Gasteiger partial charge in [-0.2, -0.15) is 15.1 Å². The molecule has 0 N–H and O–H groups in total. The normalized spacial score (nSPS) is 22.4. The van der Waals surface area contributed by atoms with Crippen LogP contribution in [0, 0.1) is 12.7 Å². The molecule has 4 saturated heterocycles. The number of carbonyl (C=O) groups is 1. The number of amides is 1. The van der Waals surface area contributed by atoms with Gasteiger partial charge in [0.25, 0.3) is 0 Å². The van der Waals surface area contributed by atoms with Gasteiger partial charge in [-0.25, -0.2) is 13.9 Å². The zero-order chi connectivity index (χ0) is 40.4. The molecule has 1 aliphatic carbocycles. The highest BCUT2D eigenvalue weighted by Crippen LogP contribution is 2.54. The third kappa shape index (κ3) is 7.34. The lowest BCUT2D eigenvalue weighted by Gasteiger charge is -2.36. The number of benzene rings is 3. The molecule has 5 fully saturated rings. The summed E-state index contributed by atoms with van der Waals surface area (Å²) in [5.41, 5.74) is 4.92. The Bertz CT molecular complexity index is 2380. The molecule has 1 amide bonds. The molecule has 3 aromatic carbocycles. The zero-order valence-corrected chi connectivity index (χ0v) is 34.4. The van der Waals surface area contributed by atoms with Crippen molar-refractivity contribution in [1.29, 1.82) is 0 Å². The minimum absolute atomic E-state index is 0.0244. The average molecular weight is 805 g/mol. The highest BCUT2D eigenvalue weighted by Gasteiger charge is 2.48. The smallest absolute Gasteiger partial charge is 0.410 e. The minimum Gasteiger partial charge on any atom is -0.486 e. The first-order valence-corrected chi connectivity index (χ1v) is 21.4. The van der Waals surface area contributed by atoms with Crippen LogP contribution in [0.4, 0.5) is 15.0 Å². The first-order valence-electron chi connectivity index (χ1n) is 21.4. The van der Waals surface area contributed by atoms with Crippen LogP contribution in [0.5, 0.6) is 11.8 Å². The second-order valence-electron chi connectivity index (χ2n) is 17.9. The van der Waals surface area contributed by atoms with Crippen LogP contribution in [-0.2, 0) is 20.8 Å². The largest absolute Gasteiger partial charge is 0.486 e. The maximum Gasteiger partial charge on any atom is 0.410 e. The molecule has 3 atom stereocenters. The molecule has 0 spiro atoms. The summed E-state index contributed by atoms with van der Waals surface area (Å²) in [6.45, 7) is 10.8. The summed E-state index contributed by atoms with van der Waals surface area (Å²) in [6, 6.07) is 14.2. The van der Waals surface area contributed by atoms with Crippen LogP contribution >= 0.6 is 0 Å². The van der Waals surface area contributed by atoms with Crippen LogP contribution in [0.2, 0.25) is 0 Å². The summed E-state index contributed by atoms with van der Waals surface area (Å²) >= 11 is 0. The molecular weight excluding hydrogens is 752 g/mol. The van der Waals surface area contributed by atoms with Crippen molar-refractivity contribution in [3.05, 3.63) is 71.2 Å². The summed E-state index contributed by atoms with van der Waals surface area (Å²) in [6.07, 6.45) is 8.34. The number of aromatic nitrogens is 4. The van der Waals surface area contributed by atoms with E-state index in [4.69, 9.17) is 38.8 Å². The monoisotopic (exact) mass is 804 g/mol. The Labute approximate surface area is 343 Å². The van der Waals surface area contributed by atoms with Crippen molar-refractivity contribution in [2.45, 2.75) is 122 Å². The van der Waals surface area contributed by atoms with E-state index in [9.17, 15) is 4.79 Å². The quantitative estimate of drug-likeness (QED) is 0.143. The predicted molar refractivity (Wildman–Crippen MR) is 221 cm³/mol. The van der Waals surface area contributed by atoms with E-state index in [2.05, 4.69) is 11.0 Å². The van der Waals surface area contributed by atoms with Crippen LogP contribution in [-0.4, -0.2) is 87.4 Å². The van der Waals surface area contributed by atoms with E-state index in [1.165, 1.54) is 0 Å². The fourth-order valence-electron chi connectivity index (χ4n) is 9.48. The molecule has 1 saturated carbocycles. The lowest BCUT2D eigenvalue weighted by molar-refractivity contribution is -0.0366. The number of hydrogen-bond donors (Lipinski definition) is 0. The Morgan fingerprint density at radius 3 is 2.46 bits per heavy atom. The number of fused-ring (bicyclic) bond motifs is 4. The molecule has 6 heterocycles. The van der Waals surface area contributed by atoms with Crippen LogP contribution in [0.15, 0.2) is 48.7 Å². The summed E-state index contributed by atoms with van der Waals surface area (Å²) < 4.78 is 49.7. The molecule has 2 bridgehead atoms. The van der Waals surface area contributed by atoms with Gasteiger partial charge in [0.15, 0.2) is 12.0 Å². The molecular formula is C46H53FN6O6. The van der Waals surface area contributed by atoms with Gasteiger partial charge in [0.2, 0.25) is 0 Å². The number of likely N-dealkylation sites (tertiary alicyclic amines) is 1. The second kappa shape index (κ2) is 15.2. The number of ether oxygens (including phenoxy) is 5. The number of piperazine rings is 1. The first kappa shape index (κ1) is 38.2. The van der Waals surface area contributed by atoms with Crippen molar-refractivity contribution >= 4 is 33.7 Å². The van der Waals surface area contributed by atoms with Gasteiger partial charge in [0.1, 0.15) is 35.5 Å². The maximum absolute atomic E-state index is 16.5. The number of carbonyl (C=O) groups excluding carboxylic acids is 1. The van der Waals surface area contributed by atoms with Crippen LogP contribution in [0.25, 0.3) is 32.9 Å². The van der Waals surface area contributed by atoms with E-state index in [0.29, 0.717) is 55.3 Å². The van der Waals surface area contributed by atoms with E-state index in [0.717, 1.165) is 90.2 Å². The number of rotatable bonds is 9. The minimum atomic E-state index is -0.584. The highest BCUT2D eigenvalue weighted by atomic mass is 19.1. The van der Waals surface area contributed by atoms with Crippen molar-refractivity contribution in [1.82, 2.24) is 24.6 Å². The Balaban J connectivity index is 1.17. The third-order valence-electron chi connectivity index (χ3n) is 12.5. The molecule has 10 rings (SSSR count). The molecule has 2 aromatic heterocycles. The Morgan fingerprint density at radius 1 is 0.932 bits per heavy atom. The fourth-order valence-corrected chi connectivity index (χ4v) is 9.48. The van der Waals surface area contributed by atoms with E-state index in [-0.39, 0.29) is 54.9 Å². The molecule has 1 unspecified atom stereocenters. The van der Waals surface area contributed by atoms with Gasteiger partial charge in [-0.3, -0.25) is 0 Å². The summed E-state index contributed by atoms with van der Waals surface area (Å²) in [5, 5.41) is 6.55. The summed E-state index contributed by atoms with van der Waals surface area (Å²) in [7, 11) is 0. The molecule has 5 aliphatic rings. The van der Waals surface area contributed by atoms with Gasteiger partial charge in [0.05, 0.1) is 37.0 Å². The predicted octanol–water partition coefficient (Wildman–Crippen LogP) is 9.01. The van der Waals surface area contributed by atoms with Crippen LogP contribution < -0.4 is 14.4 Å². The van der Waals surface area contributed by atoms with Crippen LogP contribution in [0.3, 0.4) is 0 Å².